The molecule has 20 heavy (non-hydrogen) atoms. The number of carbonyl (C=O) groups is 1. The van der Waals surface area contributed by atoms with E-state index >= 15 is 0 Å². The smallest absolute Gasteiger partial charge is 0.267 e. The van der Waals surface area contributed by atoms with Gasteiger partial charge in [-0.3, -0.25) is 4.79 Å². The molecule has 7 heteroatoms. The summed E-state index contributed by atoms with van der Waals surface area (Å²) in [7, 11) is 0. The van der Waals surface area contributed by atoms with E-state index in [4.69, 9.17) is 10.8 Å². The summed E-state index contributed by atoms with van der Waals surface area (Å²) in [5, 5.41) is 12.9. The van der Waals surface area contributed by atoms with Crippen molar-refractivity contribution in [1.82, 2.24) is 9.88 Å². The Balaban J connectivity index is 2.84. The molecule has 0 aliphatic carbocycles. The third-order valence-electron chi connectivity index (χ3n) is 2.70. The van der Waals surface area contributed by atoms with Crippen molar-refractivity contribution in [2.24, 2.45) is 0 Å². The van der Waals surface area contributed by atoms with E-state index in [1.54, 1.807) is 4.90 Å². The van der Waals surface area contributed by atoms with Crippen LogP contribution in [0.25, 0.3) is 0 Å². The fourth-order valence-corrected chi connectivity index (χ4v) is 2.72. The minimum Gasteiger partial charge on any atom is -0.395 e. The van der Waals surface area contributed by atoms with E-state index in [2.05, 4.69) is 17.2 Å². The first-order chi connectivity index (χ1) is 9.49. The van der Waals surface area contributed by atoms with Gasteiger partial charge in [-0.25, -0.2) is 4.98 Å². The van der Waals surface area contributed by atoms with Crippen molar-refractivity contribution >= 4 is 28.2 Å². The van der Waals surface area contributed by atoms with Gasteiger partial charge >= 0.3 is 0 Å². The molecule has 0 radical (unpaired) electrons. The van der Waals surface area contributed by atoms with Crippen molar-refractivity contribution in [2.45, 2.75) is 39.7 Å². The van der Waals surface area contributed by atoms with Crippen LogP contribution in [0.4, 0.5) is 10.9 Å². The lowest BCUT2D eigenvalue weighted by atomic mass is 10.3. The molecule has 0 unspecified atom stereocenters. The number of nitrogens with two attached hydrogens (primary N) is 1. The molecule has 1 aromatic rings. The van der Waals surface area contributed by atoms with E-state index < -0.39 is 0 Å². The van der Waals surface area contributed by atoms with E-state index in [0.717, 1.165) is 12.8 Å². The van der Waals surface area contributed by atoms with Crippen LogP contribution in [0.1, 0.15) is 43.3 Å². The Morgan fingerprint density at radius 1 is 1.50 bits per heavy atom. The summed E-state index contributed by atoms with van der Waals surface area (Å²) in [6.45, 7) is 6.96. The molecule has 4 N–H and O–H groups in total. The third-order valence-corrected chi connectivity index (χ3v) is 3.69. The zero-order chi connectivity index (χ0) is 15.1. The fraction of sp³-hybridized carbons (Fsp3) is 0.692. The van der Waals surface area contributed by atoms with Gasteiger partial charge in [0.05, 0.1) is 6.61 Å². The SMILES string of the molecule is CCCCN(CCO)C(=O)c1sc(NC(C)C)nc1N. The molecule has 0 saturated carbocycles. The van der Waals surface area contributed by atoms with E-state index in [9.17, 15) is 4.79 Å². The standard InChI is InChI=1S/C13H24N4O2S/c1-4-5-6-17(7-8-18)12(19)10-11(14)16-13(20-10)15-9(2)3/h9,18H,4-8,14H2,1-3H3,(H,15,16). The monoisotopic (exact) mass is 300 g/mol. The fourth-order valence-electron chi connectivity index (χ4n) is 1.72. The number of hydrogen-bond donors (Lipinski definition) is 3. The van der Waals surface area contributed by atoms with Crippen molar-refractivity contribution in [3.8, 4) is 0 Å². The summed E-state index contributed by atoms with van der Waals surface area (Å²) in [5.41, 5.74) is 5.83. The van der Waals surface area contributed by atoms with E-state index in [-0.39, 0.29) is 24.4 Å². The number of carbonyl (C=O) groups excluding carboxylic acids is 1. The number of nitrogens with one attached hydrogen (secondary N) is 1. The van der Waals surface area contributed by atoms with Gasteiger partial charge in [0.1, 0.15) is 10.7 Å². The first-order valence-electron chi connectivity index (χ1n) is 6.92. The van der Waals surface area contributed by atoms with Crippen molar-refractivity contribution in [1.29, 1.82) is 0 Å². The Bertz CT molecular complexity index is 434. The minimum atomic E-state index is -0.153. The second-order valence-electron chi connectivity index (χ2n) is 4.90. The first kappa shape index (κ1) is 16.7. The molecule has 0 spiro atoms. The van der Waals surface area contributed by atoms with Crippen LogP contribution in [0.2, 0.25) is 0 Å². The number of nitrogen functional groups attached to an aromatic ring is 1. The molecule has 0 fully saturated rings. The summed E-state index contributed by atoms with van der Waals surface area (Å²) in [6.07, 6.45) is 1.90. The molecule has 0 saturated heterocycles. The number of nitrogens with zero attached hydrogens (tertiary/aromatic N) is 2. The van der Waals surface area contributed by atoms with Gasteiger partial charge in [0.15, 0.2) is 5.13 Å². The molecule has 0 aliphatic rings. The van der Waals surface area contributed by atoms with Crippen molar-refractivity contribution in [2.75, 3.05) is 30.7 Å². The Hall–Kier alpha value is -1.34. The van der Waals surface area contributed by atoms with Gasteiger partial charge in [0, 0.05) is 19.1 Å². The third kappa shape index (κ3) is 4.64. The molecule has 114 valence electrons. The van der Waals surface area contributed by atoms with Gasteiger partial charge < -0.3 is 21.1 Å². The predicted octanol–water partition coefficient (Wildman–Crippen LogP) is 1.78. The van der Waals surface area contributed by atoms with Gasteiger partial charge in [0.25, 0.3) is 5.91 Å². The van der Waals surface area contributed by atoms with Crippen LogP contribution in [-0.4, -0.2) is 46.6 Å². The number of amides is 1. The number of thiazole rings is 1. The van der Waals surface area contributed by atoms with E-state index in [1.165, 1.54) is 11.3 Å². The van der Waals surface area contributed by atoms with Gasteiger partial charge in [-0.2, -0.15) is 0 Å². The summed E-state index contributed by atoms with van der Waals surface area (Å²) >= 11 is 1.26. The molecule has 1 amide bonds. The quantitative estimate of drug-likeness (QED) is 0.680. The van der Waals surface area contributed by atoms with Gasteiger partial charge in [-0.1, -0.05) is 24.7 Å². The highest BCUT2D eigenvalue weighted by molar-refractivity contribution is 7.18. The number of aliphatic hydroxyl groups is 1. The summed E-state index contributed by atoms with van der Waals surface area (Å²) in [6, 6.07) is 0.233. The van der Waals surface area contributed by atoms with Crippen LogP contribution in [0.5, 0.6) is 0 Å². The van der Waals surface area contributed by atoms with Gasteiger partial charge in [-0.05, 0) is 20.3 Å². The number of aliphatic hydroxyl groups excluding tert-OH is 1. The van der Waals surface area contributed by atoms with Crippen LogP contribution < -0.4 is 11.1 Å². The van der Waals surface area contributed by atoms with Crippen molar-refractivity contribution < 1.29 is 9.90 Å². The van der Waals surface area contributed by atoms with Gasteiger partial charge in [-0.15, -0.1) is 0 Å². The lowest BCUT2D eigenvalue weighted by molar-refractivity contribution is 0.0725. The predicted molar refractivity (Wildman–Crippen MR) is 83.2 cm³/mol. The molecule has 1 rings (SSSR count). The molecule has 1 aromatic heterocycles. The molecular formula is C13H24N4O2S. The number of aromatic nitrogens is 1. The Morgan fingerprint density at radius 3 is 2.75 bits per heavy atom. The zero-order valence-electron chi connectivity index (χ0n) is 12.3. The molecule has 0 atom stereocenters. The second-order valence-corrected chi connectivity index (χ2v) is 5.90. The first-order valence-corrected chi connectivity index (χ1v) is 7.74. The van der Waals surface area contributed by atoms with Crippen LogP contribution >= 0.6 is 11.3 Å². The maximum Gasteiger partial charge on any atom is 0.267 e. The number of hydrogen-bond acceptors (Lipinski definition) is 6. The average molecular weight is 300 g/mol. The largest absolute Gasteiger partial charge is 0.395 e. The summed E-state index contributed by atoms with van der Waals surface area (Å²) in [5.74, 6) is 0.0990. The Morgan fingerprint density at radius 2 is 2.20 bits per heavy atom. The van der Waals surface area contributed by atoms with E-state index in [1.807, 2.05) is 13.8 Å². The Labute approximate surface area is 124 Å². The summed E-state index contributed by atoms with van der Waals surface area (Å²) < 4.78 is 0. The summed E-state index contributed by atoms with van der Waals surface area (Å²) in [4.78, 5) is 18.7. The number of unbranched alkanes of at least 4 members (excludes halogenated alkanes) is 1. The molecule has 6 nitrogen and oxygen atoms in total. The highest BCUT2D eigenvalue weighted by Gasteiger charge is 2.21. The van der Waals surface area contributed by atoms with Crippen molar-refractivity contribution in [3.63, 3.8) is 0 Å². The van der Waals surface area contributed by atoms with Crippen LogP contribution in [0.3, 0.4) is 0 Å². The molecule has 0 aromatic carbocycles. The minimum absolute atomic E-state index is 0.0503. The van der Waals surface area contributed by atoms with E-state index in [0.29, 0.717) is 23.1 Å². The number of rotatable bonds is 8. The lowest BCUT2D eigenvalue weighted by Gasteiger charge is -2.20. The van der Waals surface area contributed by atoms with Crippen LogP contribution in [0, 0.1) is 0 Å². The molecule has 0 bridgehead atoms. The highest BCUT2D eigenvalue weighted by Crippen LogP contribution is 2.26. The topological polar surface area (TPSA) is 91.5 Å². The molecule has 0 aliphatic heterocycles. The Kier molecular flexibility index (Phi) is 6.74. The van der Waals surface area contributed by atoms with Crippen LogP contribution in [0.15, 0.2) is 0 Å². The molecular weight excluding hydrogens is 276 g/mol. The normalized spacial score (nSPS) is 10.8. The lowest BCUT2D eigenvalue weighted by Crippen LogP contribution is -2.34. The molecule has 1 heterocycles. The maximum absolute atomic E-state index is 12.4. The number of anilines is 2. The van der Waals surface area contributed by atoms with Crippen LogP contribution in [-0.2, 0) is 0 Å². The zero-order valence-corrected chi connectivity index (χ0v) is 13.2. The highest BCUT2D eigenvalue weighted by atomic mass is 32.1. The van der Waals surface area contributed by atoms with Gasteiger partial charge in [0.2, 0.25) is 0 Å². The maximum atomic E-state index is 12.4. The second kappa shape index (κ2) is 8.06. The average Bonchev–Trinajstić information content (AvgIpc) is 2.73. The van der Waals surface area contributed by atoms with Crippen molar-refractivity contribution in [3.05, 3.63) is 4.88 Å².